The lowest BCUT2D eigenvalue weighted by atomic mass is 9.87. The summed E-state index contributed by atoms with van der Waals surface area (Å²) in [5.74, 6) is -0.253. The third-order valence-corrected chi connectivity index (χ3v) is 4.70. The number of phenols is 1. The van der Waals surface area contributed by atoms with Gasteiger partial charge in [0.15, 0.2) is 0 Å². The number of aromatic hydroxyl groups is 1. The first-order chi connectivity index (χ1) is 12.6. The number of aliphatic imine (C=N–C) groups is 2. The monoisotopic (exact) mass is 373 g/mol. The van der Waals surface area contributed by atoms with E-state index in [1.165, 1.54) is 6.07 Å². The Balaban J connectivity index is 1.97. The maximum Gasteiger partial charge on any atom is 0.338 e. The molecule has 0 atom stereocenters. The molecule has 1 aromatic carbocycles. The van der Waals surface area contributed by atoms with E-state index in [1.807, 2.05) is 0 Å². The SMILES string of the molecule is CC(C)(C)OC(=O)c1ccc(N2C(N)=NC(N)=NC23CCCCC3)c(O)c1. The van der Waals surface area contributed by atoms with Crippen molar-refractivity contribution >= 4 is 23.6 Å². The Bertz CT molecular complexity index is 804. The van der Waals surface area contributed by atoms with Gasteiger partial charge in [0, 0.05) is 0 Å². The Morgan fingerprint density at radius 2 is 1.89 bits per heavy atom. The molecule has 3 rings (SSSR count). The smallest absolute Gasteiger partial charge is 0.338 e. The van der Waals surface area contributed by atoms with Gasteiger partial charge in [-0.15, -0.1) is 0 Å². The van der Waals surface area contributed by atoms with Crippen LogP contribution in [0.5, 0.6) is 5.75 Å². The van der Waals surface area contributed by atoms with Crippen LogP contribution in [0.4, 0.5) is 5.69 Å². The standard InChI is InChI=1S/C19H27N5O3/c1-18(2,3)27-15(26)12-7-8-13(14(25)11-12)24-17(21)22-16(20)23-19(24)9-5-4-6-10-19/h7-8,11,25H,4-6,9-10H2,1-3H3,(H4,20,21,22,23). The summed E-state index contributed by atoms with van der Waals surface area (Å²) < 4.78 is 5.36. The molecule has 1 aromatic rings. The van der Waals surface area contributed by atoms with Crippen molar-refractivity contribution in [2.24, 2.45) is 21.5 Å². The van der Waals surface area contributed by atoms with Gasteiger partial charge in [0.05, 0.1) is 11.3 Å². The van der Waals surface area contributed by atoms with E-state index in [4.69, 9.17) is 16.2 Å². The van der Waals surface area contributed by atoms with Crippen LogP contribution in [0.25, 0.3) is 0 Å². The van der Waals surface area contributed by atoms with Gasteiger partial charge in [-0.3, -0.25) is 4.90 Å². The molecule has 8 heteroatoms. The van der Waals surface area contributed by atoms with Gasteiger partial charge in [-0.1, -0.05) is 6.42 Å². The van der Waals surface area contributed by atoms with E-state index in [1.54, 1.807) is 37.8 Å². The minimum absolute atomic E-state index is 0.0860. The quantitative estimate of drug-likeness (QED) is 0.684. The van der Waals surface area contributed by atoms with Gasteiger partial charge in [-0.2, -0.15) is 4.99 Å². The average molecular weight is 373 g/mol. The number of guanidine groups is 2. The van der Waals surface area contributed by atoms with Crippen molar-refractivity contribution in [1.29, 1.82) is 0 Å². The molecule has 1 saturated carbocycles. The third-order valence-electron chi connectivity index (χ3n) is 4.70. The summed E-state index contributed by atoms with van der Waals surface area (Å²) >= 11 is 0. The molecule has 0 radical (unpaired) electrons. The highest BCUT2D eigenvalue weighted by Crippen LogP contribution is 2.42. The largest absolute Gasteiger partial charge is 0.506 e. The molecule has 0 saturated heterocycles. The molecule has 0 aromatic heterocycles. The number of nitrogens with zero attached hydrogens (tertiary/aromatic N) is 3. The van der Waals surface area contributed by atoms with Gasteiger partial charge in [0.25, 0.3) is 0 Å². The summed E-state index contributed by atoms with van der Waals surface area (Å²) in [5, 5.41) is 10.6. The minimum atomic E-state index is -0.654. The van der Waals surface area contributed by atoms with Gasteiger partial charge in [-0.05, 0) is 64.7 Å². The molecule has 8 nitrogen and oxygen atoms in total. The zero-order valence-corrected chi connectivity index (χ0v) is 16.0. The fraction of sp³-hybridized carbons (Fsp3) is 0.526. The van der Waals surface area contributed by atoms with Gasteiger partial charge < -0.3 is 21.3 Å². The Hall–Kier alpha value is -2.77. The van der Waals surface area contributed by atoms with E-state index in [9.17, 15) is 9.90 Å². The summed E-state index contributed by atoms with van der Waals surface area (Å²) in [6.45, 7) is 5.37. The Labute approximate surface area is 158 Å². The first-order valence-corrected chi connectivity index (χ1v) is 9.17. The number of rotatable bonds is 2. The molecule has 1 fully saturated rings. The molecule has 146 valence electrons. The van der Waals surface area contributed by atoms with Gasteiger partial charge >= 0.3 is 5.97 Å². The van der Waals surface area contributed by atoms with Crippen LogP contribution in [-0.4, -0.2) is 34.3 Å². The predicted molar refractivity (Wildman–Crippen MR) is 105 cm³/mol. The average Bonchev–Trinajstić information content (AvgIpc) is 2.54. The van der Waals surface area contributed by atoms with Crippen LogP contribution < -0.4 is 16.4 Å². The van der Waals surface area contributed by atoms with Crippen molar-refractivity contribution in [2.75, 3.05) is 4.90 Å². The number of hydrogen-bond donors (Lipinski definition) is 3. The molecule has 27 heavy (non-hydrogen) atoms. The number of benzene rings is 1. The van der Waals surface area contributed by atoms with Crippen molar-refractivity contribution < 1.29 is 14.6 Å². The van der Waals surface area contributed by atoms with Crippen LogP contribution in [0.3, 0.4) is 0 Å². The molecular weight excluding hydrogens is 346 g/mol. The fourth-order valence-electron chi connectivity index (χ4n) is 3.65. The third kappa shape index (κ3) is 3.84. The lowest BCUT2D eigenvalue weighted by molar-refractivity contribution is 0.00691. The number of hydrogen-bond acceptors (Lipinski definition) is 8. The molecule has 2 aliphatic rings. The molecular formula is C19H27N5O3. The number of carbonyl (C=O) groups excluding carboxylic acids is 1. The Kier molecular flexibility index (Phi) is 4.75. The maximum atomic E-state index is 12.3. The molecule has 1 spiro atoms. The second kappa shape index (κ2) is 6.75. The summed E-state index contributed by atoms with van der Waals surface area (Å²) in [6.07, 6.45) is 4.61. The highest BCUT2D eigenvalue weighted by Gasteiger charge is 2.43. The predicted octanol–water partition coefficient (Wildman–Crippen LogP) is 2.46. The number of anilines is 1. The summed E-state index contributed by atoms with van der Waals surface area (Å²) in [4.78, 5) is 22.7. The fourth-order valence-corrected chi connectivity index (χ4v) is 3.65. The first kappa shape index (κ1) is 19.0. The lowest BCUT2D eigenvalue weighted by Gasteiger charge is -2.45. The number of nitrogens with two attached hydrogens (primary N) is 2. The van der Waals surface area contributed by atoms with E-state index in [0.29, 0.717) is 5.69 Å². The normalized spacial score (nSPS) is 19.4. The summed E-state index contributed by atoms with van der Waals surface area (Å²) in [6, 6.07) is 4.63. The van der Waals surface area contributed by atoms with Crippen LogP contribution in [0, 0.1) is 0 Å². The molecule has 0 bridgehead atoms. The van der Waals surface area contributed by atoms with Crippen LogP contribution in [0.1, 0.15) is 63.2 Å². The first-order valence-electron chi connectivity index (χ1n) is 9.17. The van der Waals surface area contributed by atoms with E-state index in [2.05, 4.69) is 9.98 Å². The number of phenolic OH excluding ortho intramolecular Hbond substituents is 1. The van der Waals surface area contributed by atoms with E-state index in [-0.39, 0.29) is 23.2 Å². The highest BCUT2D eigenvalue weighted by molar-refractivity contribution is 6.06. The second-order valence-corrected chi connectivity index (χ2v) is 8.02. The van der Waals surface area contributed by atoms with Crippen molar-refractivity contribution in [2.45, 2.75) is 64.1 Å². The number of carbonyl (C=O) groups is 1. The van der Waals surface area contributed by atoms with Gasteiger partial charge in [0.1, 0.15) is 17.0 Å². The van der Waals surface area contributed by atoms with Crippen molar-refractivity contribution in [3.63, 3.8) is 0 Å². The second-order valence-electron chi connectivity index (χ2n) is 8.02. The molecule has 1 aliphatic heterocycles. The zero-order chi connectivity index (χ0) is 19.8. The van der Waals surface area contributed by atoms with Crippen LogP contribution in [0.2, 0.25) is 0 Å². The van der Waals surface area contributed by atoms with Crippen molar-refractivity contribution in [1.82, 2.24) is 0 Å². The minimum Gasteiger partial charge on any atom is -0.506 e. The number of esters is 1. The van der Waals surface area contributed by atoms with E-state index < -0.39 is 17.2 Å². The molecule has 0 unspecified atom stereocenters. The van der Waals surface area contributed by atoms with Crippen molar-refractivity contribution in [3.8, 4) is 5.75 Å². The molecule has 0 amide bonds. The summed E-state index contributed by atoms with van der Waals surface area (Å²) in [5.41, 5.74) is 11.5. The maximum absolute atomic E-state index is 12.3. The Morgan fingerprint density at radius 3 is 2.48 bits per heavy atom. The summed E-state index contributed by atoms with van der Waals surface area (Å²) in [7, 11) is 0. The Morgan fingerprint density at radius 1 is 1.22 bits per heavy atom. The van der Waals surface area contributed by atoms with Gasteiger partial charge in [0.2, 0.25) is 11.9 Å². The van der Waals surface area contributed by atoms with E-state index >= 15 is 0 Å². The lowest BCUT2D eigenvalue weighted by Crippen LogP contribution is -2.58. The van der Waals surface area contributed by atoms with E-state index in [0.717, 1.165) is 32.1 Å². The molecule has 5 N–H and O–H groups in total. The van der Waals surface area contributed by atoms with Crippen LogP contribution in [-0.2, 0) is 4.74 Å². The topological polar surface area (TPSA) is 127 Å². The molecule has 1 heterocycles. The highest BCUT2D eigenvalue weighted by atomic mass is 16.6. The molecule has 1 aliphatic carbocycles. The number of ether oxygens (including phenoxy) is 1. The van der Waals surface area contributed by atoms with Crippen molar-refractivity contribution in [3.05, 3.63) is 23.8 Å². The van der Waals surface area contributed by atoms with Crippen LogP contribution >= 0.6 is 0 Å². The zero-order valence-electron chi connectivity index (χ0n) is 16.0. The van der Waals surface area contributed by atoms with Gasteiger partial charge in [-0.25, -0.2) is 9.79 Å². The van der Waals surface area contributed by atoms with Crippen LogP contribution in [0.15, 0.2) is 28.2 Å².